The Morgan fingerprint density at radius 1 is 0.762 bits per heavy atom. The molecule has 7 heteroatoms. The van der Waals surface area contributed by atoms with Crippen LogP contribution in [0.5, 0.6) is 0 Å². The molecule has 0 saturated heterocycles. The molecular weight excluding hydrogens is 280 g/mol. The monoisotopic (exact) mass is 312 g/mol. The largest absolute Gasteiger partial charge is 0.394 e. The summed E-state index contributed by atoms with van der Waals surface area (Å²) in [7, 11) is 1.66. The molecule has 7 nitrogen and oxygen atoms in total. The first-order chi connectivity index (χ1) is 10.0. The number of hydrogen-bond acceptors (Lipinski definition) is 7. The smallest absolute Gasteiger partial charge is 0.0781 e. The second kappa shape index (κ2) is 17.8. The quantitative estimate of drug-likeness (QED) is 0.430. The van der Waals surface area contributed by atoms with Gasteiger partial charge in [0.15, 0.2) is 0 Å². The summed E-state index contributed by atoms with van der Waals surface area (Å²) in [5, 5.41) is 24.9. The van der Waals surface area contributed by atoms with Crippen LogP contribution in [0, 0.1) is 0 Å². The summed E-state index contributed by atoms with van der Waals surface area (Å²) < 4.78 is 20.4. The molecule has 0 aromatic rings. The number of hydrogen-bond donors (Lipinski definition) is 3. The predicted octanol–water partition coefficient (Wildman–Crippen LogP) is -0.189. The van der Waals surface area contributed by atoms with Gasteiger partial charge >= 0.3 is 0 Å². The van der Waals surface area contributed by atoms with E-state index in [0.29, 0.717) is 26.4 Å². The molecule has 0 aromatic carbocycles. The van der Waals surface area contributed by atoms with Crippen LogP contribution in [-0.4, -0.2) is 87.0 Å². The SMILES string of the molecule is COC(C)COC(C)COC(C)CO.OCCOCCO. The first kappa shape index (κ1) is 23.0. The maximum Gasteiger partial charge on any atom is 0.0781 e. The highest BCUT2D eigenvalue weighted by Gasteiger charge is 2.07. The van der Waals surface area contributed by atoms with Gasteiger partial charge in [0.25, 0.3) is 0 Å². The van der Waals surface area contributed by atoms with Crippen LogP contribution in [0.3, 0.4) is 0 Å². The molecule has 0 amide bonds. The molecule has 3 atom stereocenters. The van der Waals surface area contributed by atoms with E-state index in [2.05, 4.69) is 4.74 Å². The van der Waals surface area contributed by atoms with Gasteiger partial charge in [-0.15, -0.1) is 0 Å². The Bertz CT molecular complexity index is 174. The van der Waals surface area contributed by atoms with Gasteiger partial charge in [-0.25, -0.2) is 0 Å². The Morgan fingerprint density at radius 3 is 1.67 bits per heavy atom. The highest BCUT2D eigenvalue weighted by molar-refractivity contribution is 4.53. The van der Waals surface area contributed by atoms with Crippen molar-refractivity contribution in [3.8, 4) is 0 Å². The summed E-state index contributed by atoms with van der Waals surface area (Å²) in [5.74, 6) is 0. The standard InChI is InChI=1S/C10H22O4.C4H10O3/c1-8(5-11)13-7-10(3)14-6-9(2)12-4;5-1-3-7-4-2-6/h8-11H,5-7H2,1-4H3;5-6H,1-4H2. The molecule has 0 spiro atoms. The first-order valence-corrected chi connectivity index (χ1v) is 7.18. The molecule has 0 rings (SSSR count). The van der Waals surface area contributed by atoms with Crippen molar-refractivity contribution in [1.29, 1.82) is 0 Å². The molecule has 21 heavy (non-hydrogen) atoms. The highest BCUT2D eigenvalue weighted by Crippen LogP contribution is 1.98. The maximum absolute atomic E-state index is 8.72. The normalized spacial score (nSPS) is 15.0. The Kier molecular flexibility index (Phi) is 19.5. The summed E-state index contributed by atoms with van der Waals surface area (Å²) in [6.45, 7) is 7.51. The number of aliphatic hydroxyl groups is 3. The second-order valence-electron chi connectivity index (χ2n) is 4.58. The van der Waals surface area contributed by atoms with Gasteiger partial charge in [0.2, 0.25) is 0 Å². The number of rotatable bonds is 12. The minimum Gasteiger partial charge on any atom is -0.394 e. The zero-order valence-electron chi connectivity index (χ0n) is 13.7. The van der Waals surface area contributed by atoms with Crippen molar-refractivity contribution in [3.05, 3.63) is 0 Å². The van der Waals surface area contributed by atoms with Crippen molar-refractivity contribution >= 4 is 0 Å². The van der Waals surface area contributed by atoms with Crippen LogP contribution < -0.4 is 0 Å². The second-order valence-corrected chi connectivity index (χ2v) is 4.58. The summed E-state index contributed by atoms with van der Waals surface area (Å²) in [5.41, 5.74) is 0. The molecule has 0 aliphatic carbocycles. The number of aliphatic hydroxyl groups excluding tert-OH is 3. The molecule has 0 heterocycles. The van der Waals surface area contributed by atoms with E-state index in [4.69, 9.17) is 29.5 Å². The zero-order valence-corrected chi connectivity index (χ0v) is 13.7. The van der Waals surface area contributed by atoms with Crippen LogP contribution in [0.1, 0.15) is 20.8 Å². The van der Waals surface area contributed by atoms with Crippen molar-refractivity contribution in [2.45, 2.75) is 39.1 Å². The Balaban J connectivity index is 0. The molecule has 0 bridgehead atoms. The first-order valence-electron chi connectivity index (χ1n) is 7.18. The van der Waals surface area contributed by atoms with Gasteiger partial charge in [-0.1, -0.05) is 0 Å². The molecule has 3 N–H and O–H groups in total. The van der Waals surface area contributed by atoms with Gasteiger partial charge in [0.05, 0.1) is 64.6 Å². The van der Waals surface area contributed by atoms with E-state index < -0.39 is 0 Å². The molecule has 0 aromatic heterocycles. The van der Waals surface area contributed by atoms with Crippen molar-refractivity contribution in [2.24, 2.45) is 0 Å². The van der Waals surface area contributed by atoms with Gasteiger partial charge in [-0.3, -0.25) is 0 Å². The summed E-state index contributed by atoms with van der Waals surface area (Å²) >= 11 is 0. The van der Waals surface area contributed by atoms with Crippen LogP contribution >= 0.6 is 0 Å². The molecule has 0 saturated carbocycles. The Labute approximate surface area is 127 Å². The summed E-state index contributed by atoms with van der Waals surface area (Å²) in [6.07, 6.45) is 0.00946. The third kappa shape index (κ3) is 19.7. The topological polar surface area (TPSA) is 97.6 Å². The van der Waals surface area contributed by atoms with Gasteiger partial charge in [0, 0.05) is 7.11 Å². The predicted molar refractivity (Wildman–Crippen MR) is 79.4 cm³/mol. The van der Waals surface area contributed by atoms with E-state index in [1.165, 1.54) is 0 Å². The summed E-state index contributed by atoms with van der Waals surface area (Å²) in [6, 6.07) is 0. The van der Waals surface area contributed by atoms with E-state index in [9.17, 15) is 0 Å². The lowest BCUT2D eigenvalue weighted by Gasteiger charge is -2.18. The van der Waals surface area contributed by atoms with E-state index in [0.717, 1.165) is 0 Å². The van der Waals surface area contributed by atoms with Gasteiger partial charge in [-0.2, -0.15) is 0 Å². The van der Waals surface area contributed by atoms with Crippen molar-refractivity contribution in [3.63, 3.8) is 0 Å². The van der Waals surface area contributed by atoms with Crippen LogP contribution in [0.15, 0.2) is 0 Å². The zero-order chi connectivity index (χ0) is 16.5. The van der Waals surface area contributed by atoms with Gasteiger partial charge in [-0.05, 0) is 20.8 Å². The van der Waals surface area contributed by atoms with Crippen molar-refractivity contribution in [2.75, 3.05) is 53.4 Å². The van der Waals surface area contributed by atoms with Crippen molar-refractivity contribution < 1.29 is 34.3 Å². The van der Waals surface area contributed by atoms with E-state index >= 15 is 0 Å². The van der Waals surface area contributed by atoms with Crippen LogP contribution in [0.4, 0.5) is 0 Å². The minimum atomic E-state index is -0.124. The van der Waals surface area contributed by atoms with E-state index in [1.54, 1.807) is 7.11 Å². The molecule has 130 valence electrons. The van der Waals surface area contributed by atoms with Crippen LogP contribution in [-0.2, 0) is 18.9 Å². The van der Waals surface area contributed by atoms with Gasteiger partial charge in [0.1, 0.15) is 0 Å². The van der Waals surface area contributed by atoms with Crippen LogP contribution in [0.2, 0.25) is 0 Å². The Morgan fingerprint density at radius 2 is 1.24 bits per heavy atom. The molecule has 0 radical (unpaired) electrons. The fourth-order valence-electron chi connectivity index (χ4n) is 1.000. The number of ether oxygens (including phenoxy) is 4. The highest BCUT2D eigenvalue weighted by atomic mass is 16.6. The van der Waals surface area contributed by atoms with E-state index in [1.807, 2.05) is 20.8 Å². The lowest BCUT2D eigenvalue weighted by atomic mass is 10.4. The van der Waals surface area contributed by atoms with Gasteiger partial charge < -0.3 is 34.3 Å². The maximum atomic E-state index is 8.72. The average molecular weight is 312 g/mol. The third-order valence-electron chi connectivity index (χ3n) is 2.36. The third-order valence-corrected chi connectivity index (χ3v) is 2.36. The molecule has 0 aliphatic heterocycles. The molecule has 3 unspecified atom stereocenters. The Hall–Kier alpha value is -0.280. The van der Waals surface area contributed by atoms with Crippen LogP contribution in [0.25, 0.3) is 0 Å². The van der Waals surface area contributed by atoms with E-state index in [-0.39, 0.29) is 38.1 Å². The molecular formula is C14H32O7. The fourth-order valence-corrected chi connectivity index (χ4v) is 1.000. The summed E-state index contributed by atoms with van der Waals surface area (Å²) in [4.78, 5) is 0. The minimum absolute atomic E-state index is 0.0278. The lowest BCUT2D eigenvalue weighted by molar-refractivity contribution is -0.0677. The molecule has 0 aliphatic rings. The number of methoxy groups -OCH3 is 1. The van der Waals surface area contributed by atoms with Crippen molar-refractivity contribution in [1.82, 2.24) is 0 Å². The fraction of sp³-hybridized carbons (Fsp3) is 1.00. The molecule has 0 fully saturated rings. The average Bonchev–Trinajstić information content (AvgIpc) is 2.51. The lowest BCUT2D eigenvalue weighted by Crippen LogP contribution is -2.25.